The molecule has 0 fully saturated rings. The van der Waals surface area contributed by atoms with Crippen molar-refractivity contribution >= 4 is 27.4 Å². The number of carbonyl (C=O) groups excluding carboxylic acids is 1. The Morgan fingerprint density at radius 2 is 2.00 bits per heavy atom. The summed E-state index contributed by atoms with van der Waals surface area (Å²) in [7, 11) is -3.26. The average molecular weight is 297 g/mol. The number of carboxylic acids is 1. The molecule has 1 aromatic rings. The van der Waals surface area contributed by atoms with E-state index in [9.17, 15) is 23.1 Å². The number of benzene rings is 1. The number of amides is 1. The van der Waals surface area contributed by atoms with Crippen molar-refractivity contribution in [2.75, 3.05) is 16.9 Å². The van der Waals surface area contributed by atoms with Crippen LogP contribution in [0.4, 0.5) is 5.69 Å². The molecule has 1 aliphatic heterocycles. The average Bonchev–Trinajstić information content (AvgIpc) is 2.74. The normalized spacial score (nSPS) is 17.9. The Balaban J connectivity index is 2.26. The molecule has 7 heteroatoms. The van der Waals surface area contributed by atoms with E-state index < -0.39 is 27.8 Å². The Morgan fingerprint density at radius 1 is 1.35 bits per heavy atom. The lowest BCUT2D eigenvalue weighted by molar-refractivity contribution is -0.139. The van der Waals surface area contributed by atoms with E-state index in [0.717, 1.165) is 11.8 Å². The second-order valence-corrected chi connectivity index (χ2v) is 7.09. The van der Waals surface area contributed by atoms with Gasteiger partial charge in [0.25, 0.3) is 0 Å². The number of hydrogen-bond donors (Lipinski definition) is 1. The van der Waals surface area contributed by atoms with Gasteiger partial charge in [-0.1, -0.05) is 18.2 Å². The van der Waals surface area contributed by atoms with Crippen molar-refractivity contribution in [1.82, 2.24) is 0 Å². The lowest BCUT2D eigenvalue weighted by Crippen LogP contribution is -2.43. The minimum atomic E-state index is -3.26. The lowest BCUT2D eigenvalue weighted by Gasteiger charge is -2.22. The van der Waals surface area contributed by atoms with Gasteiger partial charge in [0.05, 0.1) is 5.75 Å². The van der Waals surface area contributed by atoms with E-state index in [4.69, 9.17) is 0 Å². The van der Waals surface area contributed by atoms with Crippen molar-refractivity contribution in [3.8, 4) is 0 Å². The van der Waals surface area contributed by atoms with Crippen molar-refractivity contribution in [2.45, 2.75) is 18.9 Å². The molecular weight excluding hydrogens is 282 g/mol. The molecule has 0 aliphatic carbocycles. The highest BCUT2D eigenvalue weighted by Gasteiger charge is 2.37. The number of hydrogen-bond acceptors (Lipinski definition) is 4. The highest BCUT2D eigenvalue weighted by atomic mass is 32.2. The molecule has 0 saturated carbocycles. The SMILES string of the molecule is CS(=O)(=O)CCC(=O)N1c2ccccc2CC1C(=O)O. The van der Waals surface area contributed by atoms with Crippen LogP contribution in [-0.4, -0.2) is 43.5 Å². The van der Waals surface area contributed by atoms with Gasteiger partial charge in [-0.25, -0.2) is 13.2 Å². The molecule has 0 radical (unpaired) electrons. The first kappa shape index (κ1) is 14.5. The van der Waals surface area contributed by atoms with E-state index in [2.05, 4.69) is 0 Å². The molecule has 1 unspecified atom stereocenters. The Bertz CT molecular complexity index is 652. The number of fused-ring (bicyclic) bond motifs is 1. The third-order valence-corrected chi connectivity index (χ3v) is 4.16. The Hall–Kier alpha value is -1.89. The number of sulfone groups is 1. The topological polar surface area (TPSA) is 91.8 Å². The fraction of sp³-hybridized carbons (Fsp3) is 0.385. The standard InChI is InChI=1S/C13H15NO5S/c1-20(18,19)7-6-12(15)14-10-5-3-2-4-9(10)8-11(14)13(16)17/h2-5,11H,6-8H2,1H3,(H,16,17). The van der Waals surface area contributed by atoms with E-state index >= 15 is 0 Å². The number of para-hydroxylation sites is 1. The van der Waals surface area contributed by atoms with Gasteiger partial charge < -0.3 is 5.11 Å². The van der Waals surface area contributed by atoms with Gasteiger partial charge in [0, 0.05) is 24.8 Å². The van der Waals surface area contributed by atoms with Gasteiger partial charge in [-0.15, -0.1) is 0 Å². The number of anilines is 1. The number of aliphatic carboxylic acids is 1. The molecule has 1 heterocycles. The summed E-state index contributed by atoms with van der Waals surface area (Å²) in [5.41, 5.74) is 1.34. The minimum absolute atomic E-state index is 0.211. The second-order valence-electron chi connectivity index (χ2n) is 4.83. The molecule has 6 nitrogen and oxygen atoms in total. The third kappa shape index (κ3) is 2.98. The van der Waals surface area contributed by atoms with Gasteiger partial charge >= 0.3 is 5.97 Å². The molecule has 0 saturated heterocycles. The maximum Gasteiger partial charge on any atom is 0.327 e. The van der Waals surface area contributed by atoms with E-state index in [1.165, 1.54) is 4.90 Å². The predicted molar refractivity (Wildman–Crippen MR) is 73.4 cm³/mol. The van der Waals surface area contributed by atoms with Crippen LogP contribution in [0.3, 0.4) is 0 Å². The van der Waals surface area contributed by atoms with Crippen LogP contribution in [0, 0.1) is 0 Å². The molecule has 1 atom stereocenters. The van der Waals surface area contributed by atoms with Crippen LogP contribution in [0.1, 0.15) is 12.0 Å². The van der Waals surface area contributed by atoms with Gasteiger partial charge in [-0.05, 0) is 11.6 Å². The van der Waals surface area contributed by atoms with Crippen LogP contribution in [-0.2, 0) is 25.8 Å². The lowest BCUT2D eigenvalue weighted by atomic mass is 10.1. The quantitative estimate of drug-likeness (QED) is 0.872. The van der Waals surface area contributed by atoms with E-state index in [1.807, 2.05) is 0 Å². The van der Waals surface area contributed by atoms with Gasteiger partial charge in [0.1, 0.15) is 15.9 Å². The Labute approximate surface area is 116 Å². The van der Waals surface area contributed by atoms with Crippen LogP contribution in [0.25, 0.3) is 0 Å². The largest absolute Gasteiger partial charge is 0.480 e. The van der Waals surface area contributed by atoms with Crippen LogP contribution >= 0.6 is 0 Å². The summed E-state index contributed by atoms with van der Waals surface area (Å²) >= 11 is 0. The maximum atomic E-state index is 12.2. The van der Waals surface area contributed by atoms with Crippen molar-refractivity contribution in [1.29, 1.82) is 0 Å². The summed E-state index contributed by atoms with van der Waals surface area (Å²) in [5, 5.41) is 9.22. The van der Waals surface area contributed by atoms with Crippen LogP contribution in [0.15, 0.2) is 24.3 Å². The minimum Gasteiger partial charge on any atom is -0.480 e. The molecule has 1 N–H and O–H groups in total. The smallest absolute Gasteiger partial charge is 0.327 e. The first-order valence-corrected chi connectivity index (χ1v) is 8.16. The molecule has 0 bridgehead atoms. The predicted octanol–water partition coefficient (Wildman–Crippen LogP) is 0.464. The Kier molecular flexibility index (Phi) is 3.80. The van der Waals surface area contributed by atoms with Crippen molar-refractivity contribution in [3.63, 3.8) is 0 Å². The summed E-state index contributed by atoms with van der Waals surface area (Å²) < 4.78 is 22.2. The summed E-state index contributed by atoms with van der Waals surface area (Å²) in [6.07, 6.45) is 1.08. The fourth-order valence-corrected chi connectivity index (χ4v) is 2.83. The fourth-order valence-electron chi connectivity index (χ4n) is 2.29. The molecule has 2 rings (SSSR count). The van der Waals surface area contributed by atoms with Gasteiger partial charge in [0.2, 0.25) is 5.91 Å². The van der Waals surface area contributed by atoms with Crippen molar-refractivity contribution < 1.29 is 23.1 Å². The monoisotopic (exact) mass is 297 g/mol. The van der Waals surface area contributed by atoms with Crippen LogP contribution in [0.5, 0.6) is 0 Å². The van der Waals surface area contributed by atoms with Crippen molar-refractivity contribution in [2.24, 2.45) is 0 Å². The summed E-state index contributed by atoms with van der Waals surface area (Å²) in [6.45, 7) is 0. The summed E-state index contributed by atoms with van der Waals surface area (Å²) in [6, 6.07) is 5.99. The first-order valence-electron chi connectivity index (χ1n) is 6.10. The number of carboxylic acid groups (broad SMARTS) is 1. The first-order chi connectivity index (χ1) is 9.29. The van der Waals surface area contributed by atoms with E-state index in [-0.39, 0.29) is 18.6 Å². The highest BCUT2D eigenvalue weighted by molar-refractivity contribution is 7.90. The van der Waals surface area contributed by atoms with Crippen LogP contribution < -0.4 is 4.90 Å². The molecule has 1 aromatic carbocycles. The highest BCUT2D eigenvalue weighted by Crippen LogP contribution is 2.32. The molecular formula is C13H15NO5S. The number of carbonyl (C=O) groups is 2. The van der Waals surface area contributed by atoms with E-state index in [0.29, 0.717) is 5.69 Å². The second kappa shape index (κ2) is 5.24. The molecule has 1 aliphatic rings. The Morgan fingerprint density at radius 3 is 2.60 bits per heavy atom. The third-order valence-electron chi connectivity index (χ3n) is 3.22. The molecule has 0 aromatic heterocycles. The molecule has 0 spiro atoms. The zero-order valence-corrected chi connectivity index (χ0v) is 11.8. The number of nitrogens with zero attached hydrogens (tertiary/aromatic N) is 1. The molecule has 1 amide bonds. The van der Waals surface area contributed by atoms with Crippen LogP contribution in [0.2, 0.25) is 0 Å². The van der Waals surface area contributed by atoms with Gasteiger partial charge in [-0.2, -0.15) is 0 Å². The maximum absolute atomic E-state index is 12.2. The van der Waals surface area contributed by atoms with E-state index in [1.54, 1.807) is 24.3 Å². The van der Waals surface area contributed by atoms with Gasteiger partial charge in [-0.3, -0.25) is 9.69 Å². The zero-order valence-electron chi connectivity index (χ0n) is 10.9. The molecule has 20 heavy (non-hydrogen) atoms. The summed E-state index contributed by atoms with van der Waals surface area (Å²) in [5.74, 6) is -1.85. The summed E-state index contributed by atoms with van der Waals surface area (Å²) in [4.78, 5) is 24.6. The van der Waals surface area contributed by atoms with Gasteiger partial charge in [0.15, 0.2) is 0 Å². The zero-order chi connectivity index (χ0) is 14.9. The van der Waals surface area contributed by atoms with Crippen molar-refractivity contribution in [3.05, 3.63) is 29.8 Å². The molecule has 108 valence electrons. The number of rotatable bonds is 4.